The van der Waals surface area contributed by atoms with Crippen molar-refractivity contribution in [3.63, 3.8) is 0 Å². The molecule has 0 saturated heterocycles. The number of halogens is 1. The Morgan fingerprint density at radius 2 is 2.28 bits per heavy atom. The number of hydrogen-bond donors (Lipinski definition) is 3. The number of rotatable bonds is 5. The third-order valence-electron chi connectivity index (χ3n) is 3.42. The molecule has 1 aliphatic rings. The van der Waals surface area contributed by atoms with E-state index in [1.807, 2.05) is 13.8 Å². The Morgan fingerprint density at radius 3 is 2.78 bits per heavy atom. The number of carbonyl (C=O) groups is 1. The fourth-order valence-corrected chi connectivity index (χ4v) is 2.44. The van der Waals surface area contributed by atoms with Gasteiger partial charge in [-0.25, -0.2) is 0 Å². The lowest BCUT2D eigenvalue weighted by Gasteiger charge is -2.38. The Hall–Kier alpha value is -1.00. The highest BCUT2D eigenvalue weighted by Crippen LogP contribution is 2.36. The van der Waals surface area contributed by atoms with Crippen LogP contribution in [0.3, 0.4) is 0 Å². The van der Waals surface area contributed by atoms with Crippen molar-refractivity contribution >= 4 is 17.6 Å². The highest BCUT2D eigenvalue weighted by Gasteiger charge is 2.44. The van der Waals surface area contributed by atoms with Crippen molar-refractivity contribution in [1.82, 2.24) is 5.32 Å². The van der Waals surface area contributed by atoms with Crippen LogP contribution in [-0.4, -0.2) is 28.0 Å². The van der Waals surface area contributed by atoms with Crippen LogP contribution in [-0.2, 0) is 4.79 Å². The number of aliphatic carboxylic acids is 1. The maximum absolute atomic E-state index is 11.3. The number of nitrogens with one attached hydrogen (secondary N) is 1. The van der Waals surface area contributed by atoms with Crippen LogP contribution in [0.4, 0.5) is 0 Å². The predicted octanol–water partition coefficient (Wildman–Crippen LogP) is 1.85. The third kappa shape index (κ3) is 3.06. The molecule has 0 aromatic rings. The molecule has 0 fully saturated rings. The van der Waals surface area contributed by atoms with E-state index in [2.05, 4.69) is 12.2 Å². The molecule has 18 heavy (non-hydrogen) atoms. The van der Waals surface area contributed by atoms with Gasteiger partial charge in [-0.3, -0.25) is 4.79 Å². The zero-order valence-electron chi connectivity index (χ0n) is 11.0. The van der Waals surface area contributed by atoms with Gasteiger partial charge >= 0.3 is 5.97 Å². The average molecular weight is 273 g/mol. The lowest BCUT2D eigenvalue weighted by Crippen LogP contribution is -2.53. The number of carboxylic acid groups (broad SMARTS) is 1. The SMILES string of the molecule is CCC(C)NC(C)C1(Cl)C=C(N)C=CC1C(=O)O. The van der Waals surface area contributed by atoms with Crippen LogP contribution in [0.5, 0.6) is 0 Å². The molecular formula is C13H21ClN2O2. The zero-order valence-corrected chi connectivity index (χ0v) is 11.7. The molecule has 0 amide bonds. The molecule has 4 nitrogen and oxygen atoms in total. The van der Waals surface area contributed by atoms with Gasteiger partial charge in [0.15, 0.2) is 0 Å². The summed E-state index contributed by atoms with van der Waals surface area (Å²) in [5.41, 5.74) is 6.24. The van der Waals surface area contributed by atoms with E-state index in [4.69, 9.17) is 17.3 Å². The number of allylic oxidation sites excluding steroid dienone is 1. The summed E-state index contributed by atoms with van der Waals surface area (Å²) in [7, 11) is 0. The molecule has 0 radical (unpaired) electrons. The first-order valence-electron chi connectivity index (χ1n) is 6.15. The second-order valence-corrected chi connectivity index (χ2v) is 5.50. The molecular weight excluding hydrogens is 252 g/mol. The zero-order chi connectivity index (χ0) is 13.9. The summed E-state index contributed by atoms with van der Waals surface area (Å²) in [5, 5.41) is 12.6. The first kappa shape index (κ1) is 15.1. The molecule has 0 heterocycles. The monoisotopic (exact) mass is 272 g/mol. The van der Waals surface area contributed by atoms with Crippen molar-refractivity contribution in [2.75, 3.05) is 0 Å². The molecule has 102 valence electrons. The second-order valence-electron chi connectivity index (χ2n) is 4.84. The van der Waals surface area contributed by atoms with E-state index in [0.717, 1.165) is 6.42 Å². The van der Waals surface area contributed by atoms with Crippen LogP contribution in [0.25, 0.3) is 0 Å². The molecule has 4 N–H and O–H groups in total. The molecule has 4 atom stereocenters. The minimum Gasteiger partial charge on any atom is -0.481 e. The number of carboxylic acids is 1. The molecule has 0 bridgehead atoms. The first-order valence-corrected chi connectivity index (χ1v) is 6.53. The average Bonchev–Trinajstić information content (AvgIpc) is 2.27. The van der Waals surface area contributed by atoms with Crippen LogP contribution < -0.4 is 11.1 Å². The smallest absolute Gasteiger partial charge is 0.312 e. The third-order valence-corrected chi connectivity index (χ3v) is 4.09. The summed E-state index contributed by atoms with van der Waals surface area (Å²) in [6, 6.07) is 0.0734. The van der Waals surface area contributed by atoms with Crippen LogP contribution in [0.2, 0.25) is 0 Å². The number of nitrogens with two attached hydrogens (primary N) is 1. The van der Waals surface area contributed by atoms with Crippen molar-refractivity contribution in [1.29, 1.82) is 0 Å². The second kappa shape index (κ2) is 5.76. The Kier molecular flexibility index (Phi) is 4.82. The fraction of sp³-hybridized carbons (Fsp3) is 0.615. The van der Waals surface area contributed by atoms with Crippen molar-refractivity contribution in [2.24, 2.45) is 11.7 Å². The minimum atomic E-state index is -1.03. The molecule has 0 aromatic carbocycles. The lowest BCUT2D eigenvalue weighted by atomic mass is 9.81. The van der Waals surface area contributed by atoms with E-state index in [1.54, 1.807) is 18.2 Å². The highest BCUT2D eigenvalue weighted by molar-refractivity contribution is 6.27. The van der Waals surface area contributed by atoms with Crippen molar-refractivity contribution in [3.05, 3.63) is 23.9 Å². The van der Waals surface area contributed by atoms with Gasteiger partial charge in [-0.05, 0) is 32.4 Å². The lowest BCUT2D eigenvalue weighted by molar-refractivity contribution is -0.141. The Morgan fingerprint density at radius 1 is 1.67 bits per heavy atom. The maximum Gasteiger partial charge on any atom is 0.312 e. The molecule has 1 aliphatic carbocycles. The summed E-state index contributed by atoms with van der Waals surface area (Å²) >= 11 is 6.53. The van der Waals surface area contributed by atoms with Crippen molar-refractivity contribution in [3.8, 4) is 0 Å². The van der Waals surface area contributed by atoms with Gasteiger partial charge in [-0.15, -0.1) is 11.6 Å². The van der Waals surface area contributed by atoms with Crippen LogP contribution in [0, 0.1) is 5.92 Å². The molecule has 4 unspecified atom stereocenters. The highest BCUT2D eigenvalue weighted by atomic mass is 35.5. The fourth-order valence-electron chi connectivity index (χ4n) is 2.09. The number of alkyl halides is 1. The summed E-state index contributed by atoms with van der Waals surface area (Å²) in [6.07, 6.45) is 5.73. The van der Waals surface area contributed by atoms with E-state index >= 15 is 0 Å². The molecule has 0 aromatic heterocycles. The van der Waals surface area contributed by atoms with Crippen molar-refractivity contribution in [2.45, 2.75) is 44.1 Å². The molecule has 0 saturated carbocycles. The normalized spacial score (nSPS) is 30.7. The van der Waals surface area contributed by atoms with E-state index in [1.165, 1.54) is 0 Å². The van der Waals surface area contributed by atoms with Crippen LogP contribution in [0.15, 0.2) is 23.9 Å². The van der Waals surface area contributed by atoms with E-state index < -0.39 is 16.8 Å². The van der Waals surface area contributed by atoms with Gasteiger partial charge in [0.25, 0.3) is 0 Å². The maximum atomic E-state index is 11.3. The van der Waals surface area contributed by atoms with Gasteiger partial charge in [0.1, 0.15) is 0 Å². The number of hydrogen-bond acceptors (Lipinski definition) is 3. The standard InChI is InChI=1S/C13H21ClN2O2/c1-4-8(2)16-9(3)13(14)7-10(15)5-6-11(13)12(17)18/h5-9,11,16H,4,15H2,1-3H3,(H,17,18). The van der Waals surface area contributed by atoms with Gasteiger partial charge in [-0.1, -0.05) is 13.0 Å². The molecule has 1 rings (SSSR count). The summed E-state index contributed by atoms with van der Waals surface area (Å²) in [4.78, 5) is 10.3. The van der Waals surface area contributed by atoms with E-state index in [0.29, 0.717) is 5.70 Å². The largest absolute Gasteiger partial charge is 0.481 e. The van der Waals surface area contributed by atoms with Gasteiger partial charge in [-0.2, -0.15) is 0 Å². The molecule has 0 aliphatic heterocycles. The Labute approximate surface area is 113 Å². The van der Waals surface area contributed by atoms with Crippen LogP contribution >= 0.6 is 11.6 Å². The quantitative estimate of drug-likeness (QED) is 0.668. The van der Waals surface area contributed by atoms with Gasteiger partial charge < -0.3 is 16.2 Å². The molecule has 0 spiro atoms. The summed E-state index contributed by atoms with van der Waals surface area (Å²) in [5.74, 6) is -1.72. The Bertz CT molecular complexity index is 381. The topological polar surface area (TPSA) is 75.3 Å². The van der Waals surface area contributed by atoms with E-state index in [9.17, 15) is 9.90 Å². The van der Waals surface area contributed by atoms with E-state index in [-0.39, 0.29) is 12.1 Å². The first-order chi connectivity index (χ1) is 8.31. The van der Waals surface area contributed by atoms with Crippen molar-refractivity contribution < 1.29 is 9.90 Å². The summed E-state index contributed by atoms with van der Waals surface area (Å²) < 4.78 is 0. The van der Waals surface area contributed by atoms with Gasteiger partial charge in [0, 0.05) is 17.8 Å². The predicted molar refractivity (Wildman–Crippen MR) is 73.5 cm³/mol. The Balaban J connectivity index is 2.98. The van der Waals surface area contributed by atoms with Gasteiger partial charge in [0.05, 0.1) is 10.8 Å². The van der Waals surface area contributed by atoms with Crippen LogP contribution in [0.1, 0.15) is 27.2 Å². The molecule has 5 heteroatoms. The summed E-state index contributed by atoms with van der Waals surface area (Å²) in [6.45, 7) is 5.99. The van der Waals surface area contributed by atoms with Gasteiger partial charge in [0.2, 0.25) is 0 Å². The minimum absolute atomic E-state index is 0.196.